The lowest BCUT2D eigenvalue weighted by molar-refractivity contribution is -0.00759. The predicted molar refractivity (Wildman–Crippen MR) is 113 cm³/mol. The Labute approximate surface area is 175 Å². The van der Waals surface area contributed by atoms with Crippen LogP contribution in [0.5, 0.6) is 17.2 Å². The summed E-state index contributed by atoms with van der Waals surface area (Å²) in [5.41, 5.74) is 1.29. The number of ether oxygens (including phenoxy) is 2. The van der Waals surface area contributed by atoms with E-state index in [9.17, 15) is 19.8 Å². The molecule has 2 N–H and O–H groups in total. The van der Waals surface area contributed by atoms with Gasteiger partial charge in [0, 0.05) is 5.56 Å². The molecule has 0 amide bonds. The van der Waals surface area contributed by atoms with Crippen molar-refractivity contribution >= 4 is 18.3 Å². The van der Waals surface area contributed by atoms with Crippen LogP contribution in [0.4, 0.5) is 0 Å². The molecule has 0 bridgehead atoms. The maximum atomic E-state index is 13.0. The lowest BCUT2D eigenvalue weighted by atomic mass is 10.0. The van der Waals surface area contributed by atoms with Crippen LogP contribution < -0.4 is 4.74 Å². The van der Waals surface area contributed by atoms with Crippen LogP contribution in [-0.2, 0) is 4.74 Å². The van der Waals surface area contributed by atoms with Gasteiger partial charge in [0.05, 0.1) is 5.56 Å². The Morgan fingerprint density at radius 1 is 1.13 bits per heavy atom. The summed E-state index contributed by atoms with van der Waals surface area (Å²) >= 11 is 0. The van der Waals surface area contributed by atoms with E-state index in [2.05, 4.69) is 6.92 Å². The lowest BCUT2D eigenvalue weighted by Gasteiger charge is -2.22. The Balaban J connectivity index is 2.15. The molecule has 2 aromatic carbocycles. The van der Waals surface area contributed by atoms with Crippen molar-refractivity contribution in [3.63, 3.8) is 0 Å². The molecule has 0 aliphatic carbocycles. The first-order chi connectivity index (χ1) is 14.5. The number of fused-ring (bicyclic) bond motifs is 2. The van der Waals surface area contributed by atoms with Gasteiger partial charge in [0.25, 0.3) is 0 Å². The van der Waals surface area contributed by atoms with Gasteiger partial charge < -0.3 is 19.7 Å². The third kappa shape index (κ3) is 4.54. The number of hydrogen-bond donors (Lipinski definition) is 2. The molecule has 0 aromatic heterocycles. The van der Waals surface area contributed by atoms with Crippen LogP contribution in [0.2, 0.25) is 0 Å². The van der Waals surface area contributed by atoms with Gasteiger partial charge >= 0.3 is 5.97 Å². The predicted octanol–water partition coefficient (Wildman–Crippen LogP) is 4.80. The highest BCUT2D eigenvalue weighted by molar-refractivity contribution is 5.95. The van der Waals surface area contributed by atoms with Crippen molar-refractivity contribution in [3.8, 4) is 17.2 Å². The summed E-state index contributed by atoms with van der Waals surface area (Å²) in [4.78, 5) is 24.6. The summed E-state index contributed by atoms with van der Waals surface area (Å²) in [6.45, 7) is 3.85. The first-order valence-electron chi connectivity index (χ1n) is 10.1. The van der Waals surface area contributed by atoms with Gasteiger partial charge in [-0.3, -0.25) is 4.79 Å². The van der Waals surface area contributed by atoms with E-state index < -0.39 is 18.2 Å². The Hall–Kier alpha value is -3.12. The molecule has 2 atom stereocenters. The molecule has 0 spiro atoms. The topological polar surface area (TPSA) is 93.1 Å². The number of carbonyl (C=O) groups excluding carboxylic acids is 2. The van der Waals surface area contributed by atoms with Crippen LogP contribution in [0.1, 0.15) is 64.4 Å². The fourth-order valence-electron chi connectivity index (χ4n) is 3.51. The van der Waals surface area contributed by atoms with Crippen LogP contribution in [0.3, 0.4) is 0 Å². The minimum absolute atomic E-state index is 0.0409. The zero-order valence-electron chi connectivity index (χ0n) is 17.1. The average molecular weight is 410 g/mol. The number of aliphatic hydroxyl groups excluding tert-OH is 1. The summed E-state index contributed by atoms with van der Waals surface area (Å²) < 4.78 is 11.7. The Morgan fingerprint density at radius 3 is 2.67 bits per heavy atom. The van der Waals surface area contributed by atoms with Gasteiger partial charge in [-0.15, -0.1) is 0 Å². The minimum atomic E-state index is -1.08. The van der Waals surface area contributed by atoms with Gasteiger partial charge in [-0.05, 0) is 43.5 Å². The lowest BCUT2D eigenvalue weighted by Crippen LogP contribution is -2.30. The molecule has 6 heteroatoms. The molecule has 1 aliphatic rings. The summed E-state index contributed by atoms with van der Waals surface area (Å²) in [6, 6.07) is 8.05. The Kier molecular flexibility index (Phi) is 6.90. The summed E-state index contributed by atoms with van der Waals surface area (Å²) in [7, 11) is 0. The van der Waals surface area contributed by atoms with E-state index >= 15 is 0 Å². The molecule has 2 aromatic rings. The fourth-order valence-corrected chi connectivity index (χ4v) is 3.51. The van der Waals surface area contributed by atoms with E-state index in [1.807, 2.05) is 0 Å². The molecule has 1 aliphatic heterocycles. The van der Waals surface area contributed by atoms with Gasteiger partial charge in [0.15, 0.2) is 6.29 Å². The molecule has 30 heavy (non-hydrogen) atoms. The molecule has 0 radical (unpaired) electrons. The van der Waals surface area contributed by atoms with Crippen molar-refractivity contribution in [2.75, 3.05) is 0 Å². The SMILES string of the molecule is CCCCC[C@@H]1OC(=O)c2c(C)cccc2Oc2ccc(O)c(C=O)c2/C=C/[C@H]1O. The van der Waals surface area contributed by atoms with Crippen LogP contribution >= 0.6 is 0 Å². The maximum absolute atomic E-state index is 13.0. The average Bonchev–Trinajstić information content (AvgIpc) is 2.74. The number of esters is 1. The third-order valence-corrected chi connectivity index (χ3v) is 5.19. The van der Waals surface area contributed by atoms with Gasteiger partial charge in [-0.1, -0.05) is 44.1 Å². The van der Waals surface area contributed by atoms with Crippen LogP contribution in [0.15, 0.2) is 36.4 Å². The number of rotatable bonds is 5. The van der Waals surface area contributed by atoms with Crippen molar-refractivity contribution in [2.45, 2.75) is 51.7 Å². The van der Waals surface area contributed by atoms with Gasteiger partial charge in [0.1, 0.15) is 35.0 Å². The second kappa shape index (κ2) is 9.59. The van der Waals surface area contributed by atoms with Crippen molar-refractivity contribution in [1.29, 1.82) is 0 Å². The van der Waals surface area contributed by atoms with Crippen molar-refractivity contribution < 1.29 is 29.3 Å². The largest absolute Gasteiger partial charge is 0.507 e. The highest BCUT2D eigenvalue weighted by atomic mass is 16.6. The van der Waals surface area contributed by atoms with E-state index in [-0.39, 0.29) is 28.4 Å². The standard InChI is InChI=1S/C24H26O6/c1-3-4-5-8-21-19(27)11-10-16-17(14-25)18(26)12-13-20(16)29-22-9-6-7-15(2)23(22)24(28)30-21/h6-7,9-14,19,21,26-27H,3-5,8H2,1-2H3/b11-10+/t19-,21+/m1/s1. The number of benzene rings is 2. The van der Waals surface area contributed by atoms with Crippen molar-refractivity contribution in [1.82, 2.24) is 0 Å². The number of aldehydes is 1. The van der Waals surface area contributed by atoms with Crippen LogP contribution in [-0.4, -0.2) is 34.7 Å². The van der Waals surface area contributed by atoms with Gasteiger partial charge in [-0.2, -0.15) is 0 Å². The van der Waals surface area contributed by atoms with Crippen molar-refractivity contribution in [3.05, 3.63) is 58.7 Å². The quantitative estimate of drug-likeness (QED) is 0.418. The normalized spacial score (nSPS) is 19.5. The Bertz CT molecular complexity index is 962. The van der Waals surface area contributed by atoms with Crippen LogP contribution in [0, 0.1) is 6.92 Å². The number of phenolic OH excluding ortho intramolecular Hbond substituents is 1. The number of hydrogen-bond acceptors (Lipinski definition) is 6. The van der Waals surface area contributed by atoms with Gasteiger partial charge in [-0.25, -0.2) is 4.79 Å². The number of aromatic hydroxyl groups is 1. The van der Waals surface area contributed by atoms with Crippen LogP contribution in [0.25, 0.3) is 6.08 Å². The monoisotopic (exact) mass is 410 g/mol. The molecule has 0 fully saturated rings. The second-order valence-electron chi connectivity index (χ2n) is 7.37. The number of unbranched alkanes of at least 4 members (excludes halogenated alkanes) is 2. The number of cyclic esters (lactones) is 1. The highest BCUT2D eigenvalue weighted by Crippen LogP contribution is 2.36. The minimum Gasteiger partial charge on any atom is -0.507 e. The molecule has 158 valence electrons. The van der Waals surface area contributed by atoms with E-state index in [4.69, 9.17) is 9.47 Å². The first-order valence-corrected chi connectivity index (χ1v) is 10.1. The Morgan fingerprint density at radius 2 is 1.93 bits per heavy atom. The molecule has 0 saturated heterocycles. The second-order valence-corrected chi connectivity index (χ2v) is 7.37. The van der Waals surface area contributed by atoms with E-state index in [1.165, 1.54) is 24.3 Å². The fraction of sp³-hybridized carbons (Fsp3) is 0.333. The number of aryl methyl sites for hydroxylation is 1. The summed E-state index contributed by atoms with van der Waals surface area (Å²) in [5, 5.41) is 20.8. The van der Waals surface area contributed by atoms with E-state index in [1.54, 1.807) is 25.1 Å². The smallest absolute Gasteiger partial charge is 0.342 e. The number of aliphatic hydroxyl groups is 1. The molecule has 1 heterocycles. The van der Waals surface area contributed by atoms with E-state index in [0.717, 1.165) is 19.3 Å². The molecule has 6 nitrogen and oxygen atoms in total. The van der Waals surface area contributed by atoms with Gasteiger partial charge in [0.2, 0.25) is 0 Å². The third-order valence-electron chi connectivity index (χ3n) is 5.19. The summed E-state index contributed by atoms with van der Waals surface area (Å²) in [5.74, 6) is -0.212. The molecular formula is C24H26O6. The molecule has 0 unspecified atom stereocenters. The number of carbonyl (C=O) groups is 2. The highest BCUT2D eigenvalue weighted by Gasteiger charge is 2.27. The zero-order chi connectivity index (χ0) is 21.7. The first kappa shape index (κ1) is 21.6. The van der Waals surface area contributed by atoms with Crippen molar-refractivity contribution in [2.24, 2.45) is 0 Å². The summed E-state index contributed by atoms with van der Waals surface area (Å²) in [6.07, 6.45) is 4.94. The zero-order valence-corrected chi connectivity index (χ0v) is 17.1. The number of phenols is 1. The van der Waals surface area contributed by atoms with E-state index in [0.29, 0.717) is 23.8 Å². The maximum Gasteiger partial charge on any atom is 0.342 e. The molecule has 0 saturated carbocycles. The molecule has 3 rings (SSSR count). The molecular weight excluding hydrogens is 384 g/mol.